The molecule has 0 aliphatic heterocycles. The van der Waals surface area contributed by atoms with Gasteiger partial charge in [-0.2, -0.15) is 0 Å². The lowest BCUT2D eigenvalue weighted by Crippen LogP contribution is -1.95. The van der Waals surface area contributed by atoms with Crippen LogP contribution in [-0.2, 0) is 4.84 Å². The van der Waals surface area contributed by atoms with Crippen molar-refractivity contribution in [3.8, 4) is 0 Å². The van der Waals surface area contributed by atoms with E-state index in [0.717, 1.165) is 0 Å². The summed E-state index contributed by atoms with van der Waals surface area (Å²) < 4.78 is 0. The summed E-state index contributed by atoms with van der Waals surface area (Å²) >= 11 is 0. The van der Waals surface area contributed by atoms with Crippen molar-refractivity contribution >= 4 is 6.21 Å². The van der Waals surface area contributed by atoms with Crippen LogP contribution in [0.5, 0.6) is 0 Å². The van der Waals surface area contributed by atoms with Gasteiger partial charge in [-0.25, -0.2) is 0 Å². The van der Waals surface area contributed by atoms with Crippen molar-refractivity contribution in [2.45, 2.75) is 26.4 Å². The highest BCUT2D eigenvalue weighted by Crippen LogP contribution is 1.85. The quantitative estimate of drug-likeness (QED) is 0.403. The van der Waals surface area contributed by atoms with Crippen molar-refractivity contribution in [2.24, 2.45) is 5.16 Å². The van der Waals surface area contributed by atoms with Crippen molar-refractivity contribution in [3.05, 3.63) is 6.92 Å². The van der Waals surface area contributed by atoms with Gasteiger partial charge < -0.3 is 4.84 Å². The molecule has 0 aromatic heterocycles. The van der Waals surface area contributed by atoms with Crippen LogP contribution in [-0.4, -0.2) is 12.3 Å². The fraction of sp³-hybridized carbons (Fsp3) is 0.667. The van der Waals surface area contributed by atoms with E-state index in [-0.39, 0.29) is 6.10 Å². The summed E-state index contributed by atoms with van der Waals surface area (Å²) in [4.78, 5) is 4.81. The van der Waals surface area contributed by atoms with Crippen molar-refractivity contribution < 1.29 is 4.84 Å². The number of nitrogens with zero attached hydrogens (tertiary/aromatic N) is 1. The van der Waals surface area contributed by atoms with E-state index in [0.29, 0.717) is 6.42 Å². The Labute approximate surface area is 50.5 Å². The molecule has 0 aromatic rings. The molecule has 0 aliphatic rings. The van der Waals surface area contributed by atoms with Gasteiger partial charge in [0.2, 0.25) is 0 Å². The third-order valence-corrected chi connectivity index (χ3v) is 0.475. The number of oxime groups is 1. The number of hydrogen-bond donors (Lipinski definition) is 0. The maximum absolute atomic E-state index is 4.81. The summed E-state index contributed by atoms with van der Waals surface area (Å²) in [6.07, 6.45) is 2.50. The molecule has 1 radical (unpaired) electrons. The topological polar surface area (TPSA) is 21.6 Å². The Bertz CT molecular complexity index is 68.9. The predicted octanol–water partition coefficient (Wildman–Crippen LogP) is 1.62. The Morgan fingerprint density at radius 2 is 2.38 bits per heavy atom. The average Bonchev–Trinajstić information content (AvgIpc) is 1.66. The van der Waals surface area contributed by atoms with Crippen molar-refractivity contribution in [2.75, 3.05) is 0 Å². The molecule has 0 aliphatic carbocycles. The Morgan fingerprint density at radius 1 is 1.75 bits per heavy atom. The Hall–Kier alpha value is -0.530. The van der Waals surface area contributed by atoms with Gasteiger partial charge in [0.05, 0.1) is 0 Å². The minimum Gasteiger partial charge on any atom is -0.393 e. The van der Waals surface area contributed by atoms with E-state index >= 15 is 0 Å². The first kappa shape index (κ1) is 7.47. The summed E-state index contributed by atoms with van der Waals surface area (Å²) in [6, 6.07) is 0. The van der Waals surface area contributed by atoms with Gasteiger partial charge in [-0.15, -0.1) is 0 Å². The zero-order valence-corrected chi connectivity index (χ0v) is 5.42. The van der Waals surface area contributed by atoms with Crippen LogP contribution in [0.1, 0.15) is 20.3 Å². The number of rotatable bonds is 3. The zero-order valence-electron chi connectivity index (χ0n) is 5.42. The fourth-order valence-corrected chi connectivity index (χ4v) is 0.217. The molecule has 0 saturated carbocycles. The van der Waals surface area contributed by atoms with Crippen LogP contribution >= 0.6 is 0 Å². The molecule has 0 spiro atoms. The van der Waals surface area contributed by atoms with Gasteiger partial charge >= 0.3 is 0 Å². The highest BCUT2D eigenvalue weighted by molar-refractivity contribution is 5.56. The van der Waals surface area contributed by atoms with Crippen LogP contribution in [0.25, 0.3) is 0 Å². The molecular weight excluding hydrogens is 102 g/mol. The van der Waals surface area contributed by atoms with Crippen LogP contribution in [0.4, 0.5) is 0 Å². The predicted molar refractivity (Wildman–Crippen MR) is 34.7 cm³/mol. The molecular formula is C6H12NO. The van der Waals surface area contributed by atoms with Crippen LogP contribution in [0.15, 0.2) is 5.16 Å². The summed E-state index contributed by atoms with van der Waals surface area (Å²) in [7, 11) is 0. The largest absolute Gasteiger partial charge is 0.393 e. The lowest BCUT2D eigenvalue weighted by atomic mass is 10.5. The van der Waals surface area contributed by atoms with Gasteiger partial charge in [0.15, 0.2) is 0 Å². The molecule has 2 nitrogen and oxygen atoms in total. The van der Waals surface area contributed by atoms with E-state index in [4.69, 9.17) is 4.84 Å². The van der Waals surface area contributed by atoms with Crippen LogP contribution in [0.2, 0.25) is 0 Å². The van der Waals surface area contributed by atoms with Gasteiger partial charge in [0.25, 0.3) is 0 Å². The van der Waals surface area contributed by atoms with Gasteiger partial charge in [0.1, 0.15) is 6.10 Å². The lowest BCUT2D eigenvalue weighted by molar-refractivity contribution is 0.0869. The molecule has 0 rings (SSSR count). The highest BCUT2D eigenvalue weighted by Gasteiger charge is 1.84. The molecule has 0 unspecified atom stereocenters. The monoisotopic (exact) mass is 114 g/mol. The minimum absolute atomic E-state index is 0.179. The Balaban J connectivity index is 3.03. The fourth-order valence-electron chi connectivity index (χ4n) is 0.217. The van der Waals surface area contributed by atoms with E-state index in [1.165, 1.54) is 0 Å². The normalized spacial score (nSPS) is 11.0. The van der Waals surface area contributed by atoms with Crippen LogP contribution in [0, 0.1) is 6.92 Å². The standard InChI is InChI=1S/C6H12NO/c1-4-5-7-8-6(2)3/h5-6H,1,4H2,2-3H3/b7-5-. The maximum atomic E-state index is 4.81. The molecule has 0 saturated heterocycles. The third-order valence-electron chi connectivity index (χ3n) is 0.475. The van der Waals surface area contributed by atoms with E-state index in [9.17, 15) is 0 Å². The smallest absolute Gasteiger partial charge is 0.121 e. The zero-order chi connectivity index (χ0) is 6.41. The average molecular weight is 114 g/mol. The maximum Gasteiger partial charge on any atom is 0.121 e. The van der Waals surface area contributed by atoms with Crippen LogP contribution < -0.4 is 0 Å². The highest BCUT2D eigenvalue weighted by atomic mass is 16.6. The molecule has 47 valence electrons. The minimum atomic E-state index is 0.179. The van der Waals surface area contributed by atoms with E-state index < -0.39 is 0 Å². The van der Waals surface area contributed by atoms with Gasteiger partial charge in [-0.3, -0.25) is 0 Å². The molecule has 0 aromatic carbocycles. The van der Waals surface area contributed by atoms with Gasteiger partial charge in [-0.1, -0.05) is 5.16 Å². The summed E-state index contributed by atoms with van der Waals surface area (Å²) in [6.45, 7) is 7.42. The first-order valence-corrected chi connectivity index (χ1v) is 2.74. The second-order valence-corrected chi connectivity index (χ2v) is 1.73. The third kappa shape index (κ3) is 5.47. The van der Waals surface area contributed by atoms with Gasteiger partial charge in [0, 0.05) is 6.21 Å². The van der Waals surface area contributed by atoms with Gasteiger partial charge in [-0.05, 0) is 27.2 Å². The Morgan fingerprint density at radius 3 is 2.75 bits per heavy atom. The van der Waals surface area contributed by atoms with E-state index in [2.05, 4.69) is 12.1 Å². The molecule has 0 amide bonds. The summed E-state index contributed by atoms with van der Waals surface area (Å²) in [5.41, 5.74) is 0. The van der Waals surface area contributed by atoms with Crippen LogP contribution in [0.3, 0.4) is 0 Å². The summed E-state index contributed by atoms with van der Waals surface area (Å²) in [5.74, 6) is 0. The lowest BCUT2D eigenvalue weighted by Gasteiger charge is -1.98. The second kappa shape index (κ2) is 4.62. The molecule has 0 heterocycles. The number of hydrogen-bond acceptors (Lipinski definition) is 2. The van der Waals surface area contributed by atoms with Crippen molar-refractivity contribution in [3.63, 3.8) is 0 Å². The van der Waals surface area contributed by atoms with E-state index in [1.807, 2.05) is 13.8 Å². The van der Waals surface area contributed by atoms with Crippen molar-refractivity contribution in [1.82, 2.24) is 0 Å². The first-order chi connectivity index (χ1) is 3.77. The molecule has 8 heavy (non-hydrogen) atoms. The first-order valence-electron chi connectivity index (χ1n) is 2.74. The molecule has 2 heteroatoms. The molecule has 0 atom stereocenters. The summed E-state index contributed by atoms with van der Waals surface area (Å²) in [5, 5.41) is 3.60. The van der Waals surface area contributed by atoms with Crippen molar-refractivity contribution in [1.29, 1.82) is 0 Å². The molecule has 0 fully saturated rings. The molecule has 0 bridgehead atoms. The molecule has 0 N–H and O–H groups in total. The SMILES string of the molecule is [CH2]C/C=N\OC(C)C. The van der Waals surface area contributed by atoms with E-state index in [1.54, 1.807) is 6.21 Å². The second-order valence-electron chi connectivity index (χ2n) is 1.73. The Kier molecular flexibility index (Phi) is 4.32.